The van der Waals surface area contributed by atoms with Crippen LogP contribution in [0.2, 0.25) is 0 Å². The van der Waals surface area contributed by atoms with Crippen LogP contribution < -0.4 is 0 Å². The molecule has 0 aromatic heterocycles. The number of rotatable bonds is 1. The van der Waals surface area contributed by atoms with Gasteiger partial charge >= 0.3 is 5.97 Å². The van der Waals surface area contributed by atoms with Gasteiger partial charge < -0.3 is 4.74 Å². The number of carbonyl (C=O) groups excluding carboxylic acids is 1. The first-order chi connectivity index (χ1) is 7.83. The Balaban J connectivity index is 1.94. The van der Waals surface area contributed by atoms with Crippen LogP contribution in [-0.2, 0) is 22.4 Å². The summed E-state index contributed by atoms with van der Waals surface area (Å²) in [6.45, 7) is 0. The lowest BCUT2D eigenvalue weighted by molar-refractivity contribution is -0.134. The molecule has 16 heavy (non-hydrogen) atoms. The Morgan fingerprint density at radius 2 is 1.88 bits per heavy atom. The fourth-order valence-electron chi connectivity index (χ4n) is 2.45. The average Bonchev–Trinajstić information content (AvgIpc) is 2.75. The highest BCUT2D eigenvalue weighted by Gasteiger charge is 2.17. The monoisotopic (exact) mass is 214 g/mol. The molecule has 1 aromatic rings. The molecule has 3 rings (SSSR count). The summed E-state index contributed by atoms with van der Waals surface area (Å²) in [5.74, 6) is 0.589. The predicted molar refractivity (Wildman–Crippen MR) is 61.8 cm³/mol. The first-order valence-electron chi connectivity index (χ1n) is 5.86. The molecule has 1 aliphatic carbocycles. The van der Waals surface area contributed by atoms with Crippen LogP contribution in [0.15, 0.2) is 24.3 Å². The van der Waals surface area contributed by atoms with E-state index in [9.17, 15) is 4.79 Å². The number of carbonyl (C=O) groups is 1. The van der Waals surface area contributed by atoms with Crippen molar-refractivity contribution in [1.29, 1.82) is 0 Å². The normalized spacial score (nSPS) is 19.0. The van der Waals surface area contributed by atoms with Crippen molar-refractivity contribution in [2.24, 2.45) is 0 Å². The maximum absolute atomic E-state index is 11.0. The molecule has 0 unspecified atom stereocenters. The van der Waals surface area contributed by atoms with Gasteiger partial charge in [-0.25, -0.2) is 0 Å². The summed E-state index contributed by atoms with van der Waals surface area (Å²) in [6, 6.07) is 6.42. The Morgan fingerprint density at radius 3 is 2.62 bits per heavy atom. The second kappa shape index (κ2) is 3.78. The van der Waals surface area contributed by atoms with E-state index in [4.69, 9.17) is 4.74 Å². The number of benzene rings is 1. The van der Waals surface area contributed by atoms with E-state index < -0.39 is 0 Å². The van der Waals surface area contributed by atoms with Gasteiger partial charge in [0.2, 0.25) is 0 Å². The molecule has 0 saturated heterocycles. The van der Waals surface area contributed by atoms with Gasteiger partial charge in [0.05, 0.1) is 6.42 Å². The molecule has 1 heterocycles. The van der Waals surface area contributed by atoms with Crippen molar-refractivity contribution >= 4 is 11.7 Å². The van der Waals surface area contributed by atoms with Crippen molar-refractivity contribution in [3.05, 3.63) is 41.0 Å². The van der Waals surface area contributed by atoms with Gasteiger partial charge in [-0.05, 0) is 49.0 Å². The third-order valence-electron chi connectivity index (χ3n) is 3.31. The number of fused-ring (bicyclic) bond motifs is 1. The number of aryl methyl sites for hydroxylation is 2. The summed E-state index contributed by atoms with van der Waals surface area (Å²) in [4.78, 5) is 11.0. The highest BCUT2D eigenvalue weighted by molar-refractivity contribution is 5.85. The molecule has 82 valence electrons. The lowest BCUT2D eigenvalue weighted by Gasteiger charge is -2.16. The van der Waals surface area contributed by atoms with E-state index in [-0.39, 0.29) is 5.97 Å². The number of ether oxygens (including phenoxy) is 1. The molecule has 0 amide bonds. The topological polar surface area (TPSA) is 26.3 Å². The first-order valence-corrected chi connectivity index (χ1v) is 5.86. The Bertz CT molecular complexity index is 472. The van der Waals surface area contributed by atoms with E-state index in [1.165, 1.54) is 30.4 Å². The molecule has 0 spiro atoms. The molecule has 2 heteroatoms. The minimum atomic E-state index is -0.146. The third kappa shape index (κ3) is 1.64. The number of cyclic esters (lactones) is 1. The lowest BCUT2D eigenvalue weighted by atomic mass is 9.90. The standard InChI is InChI=1S/C14H14O2/c15-14-8-7-13(16-14)12-6-5-10-3-1-2-4-11(10)9-12/h5-7,9H,1-4,8H2. The second-order valence-electron chi connectivity index (χ2n) is 4.44. The molecule has 1 aromatic carbocycles. The molecule has 0 radical (unpaired) electrons. The van der Waals surface area contributed by atoms with E-state index in [2.05, 4.69) is 18.2 Å². The van der Waals surface area contributed by atoms with Crippen molar-refractivity contribution < 1.29 is 9.53 Å². The molecule has 2 aliphatic rings. The number of hydrogen-bond donors (Lipinski definition) is 0. The minimum Gasteiger partial charge on any atom is -0.426 e. The fourth-order valence-corrected chi connectivity index (χ4v) is 2.45. The third-order valence-corrected chi connectivity index (χ3v) is 3.31. The van der Waals surface area contributed by atoms with E-state index in [0.717, 1.165) is 17.7 Å². The zero-order valence-corrected chi connectivity index (χ0v) is 9.16. The van der Waals surface area contributed by atoms with Crippen molar-refractivity contribution in [1.82, 2.24) is 0 Å². The average molecular weight is 214 g/mol. The molecular weight excluding hydrogens is 200 g/mol. The first kappa shape index (κ1) is 9.64. The molecule has 2 nitrogen and oxygen atoms in total. The Morgan fingerprint density at radius 1 is 1.06 bits per heavy atom. The van der Waals surface area contributed by atoms with Gasteiger partial charge in [-0.2, -0.15) is 0 Å². The van der Waals surface area contributed by atoms with Gasteiger partial charge in [-0.3, -0.25) is 4.79 Å². The predicted octanol–water partition coefficient (Wildman–Crippen LogP) is 2.85. The lowest BCUT2D eigenvalue weighted by Crippen LogP contribution is -2.03. The Kier molecular flexibility index (Phi) is 2.28. The Hall–Kier alpha value is -1.57. The fraction of sp³-hybridized carbons (Fsp3) is 0.357. The molecule has 0 N–H and O–H groups in total. The van der Waals surface area contributed by atoms with Crippen LogP contribution in [0.25, 0.3) is 5.76 Å². The van der Waals surface area contributed by atoms with Crippen LogP contribution in [0.1, 0.15) is 36.0 Å². The summed E-state index contributed by atoms with van der Waals surface area (Å²) in [7, 11) is 0. The van der Waals surface area contributed by atoms with Crippen LogP contribution in [-0.4, -0.2) is 5.97 Å². The van der Waals surface area contributed by atoms with Gasteiger partial charge in [0.1, 0.15) is 5.76 Å². The van der Waals surface area contributed by atoms with Gasteiger partial charge in [-0.1, -0.05) is 12.1 Å². The maximum Gasteiger partial charge on any atom is 0.315 e. The van der Waals surface area contributed by atoms with E-state index >= 15 is 0 Å². The summed E-state index contributed by atoms with van der Waals surface area (Å²) in [5.41, 5.74) is 3.93. The van der Waals surface area contributed by atoms with Crippen LogP contribution in [0.4, 0.5) is 0 Å². The summed E-state index contributed by atoms with van der Waals surface area (Å²) in [6.07, 6.45) is 7.19. The largest absolute Gasteiger partial charge is 0.426 e. The van der Waals surface area contributed by atoms with E-state index in [1.807, 2.05) is 6.08 Å². The van der Waals surface area contributed by atoms with E-state index in [1.54, 1.807) is 0 Å². The molecule has 0 saturated carbocycles. The summed E-state index contributed by atoms with van der Waals surface area (Å²) < 4.78 is 5.16. The van der Waals surface area contributed by atoms with Crippen LogP contribution in [0, 0.1) is 0 Å². The van der Waals surface area contributed by atoms with Crippen LogP contribution >= 0.6 is 0 Å². The van der Waals surface area contributed by atoms with Gasteiger partial charge in [0.15, 0.2) is 0 Å². The SMILES string of the molecule is O=C1CC=C(c2ccc3c(c2)CCCC3)O1. The van der Waals surface area contributed by atoms with Crippen molar-refractivity contribution in [2.75, 3.05) is 0 Å². The summed E-state index contributed by atoms with van der Waals surface area (Å²) >= 11 is 0. The zero-order chi connectivity index (χ0) is 11.0. The van der Waals surface area contributed by atoms with E-state index in [0.29, 0.717) is 6.42 Å². The van der Waals surface area contributed by atoms with Crippen LogP contribution in [0.3, 0.4) is 0 Å². The zero-order valence-electron chi connectivity index (χ0n) is 9.16. The van der Waals surface area contributed by atoms with Crippen molar-refractivity contribution in [3.63, 3.8) is 0 Å². The van der Waals surface area contributed by atoms with Gasteiger partial charge in [0.25, 0.3) is 0 Å². The molecule has 0 atom stereocenters. The van der Waals surface area contributed by atoms with Crippen molar-refractivity contribution in [3.8, 4) is 0 Å². The minimum absolute atomic E-state index is 0.146. The van der Waals surface area contributed by atoms with Crippen LogP contribution in [0.5, 0.6) is 0 Å². The second-order valence-corrected chi connectivity index (χ2v) is 4.44. The van der Waals surface area contributed by atoms with Gasteiger partial charge in [0, 0.05) is 5.56 Å². The molecule has 0 bridgehead atoms. The number of hydrogen-bond acceptors (Lipinski definition) is 2. The quantitative estimate of drug-likeness (QED) is 0.672. The Labute approximate surface area is 94.9 Å². The summed E-state index contributed by atoms with van der Waals surface area (Å²) in [5, 5.41) is 0. The van der Waals surface area contributed by atoms with Gasteiger partial charge in [-0.15, -0.1) is 0 Å². The molecular formula is C14H14O2. The highest BCUT2D eigenvalue weighted by atomic mass is 16.5. The molecule has 1 aliphatic heterocycles. The highest BCUT2D eigenvalue weighted by Crippen LogP contribution is 2.28. The smallest absolute Gasteiger partial charge is 0.315 e. The number of esters is 1. The maximum atomic E-state index is 11.0. The van der Waals surface area contributed by atoms with Crippen molar-refractivity contribution in [2.45, 2.75) is 32.1 Å². The molecule has 0 fully saturated rings.